The van der Waals surface area contributed by atoms with E-state index in [2.05, 4.69) is 5.32 Å². The summed E-state index contributed by atoms with van der Waals surface area (Å²) in [6.07, 6.45) is 0.198. The molecule has 10 heteroatoms. The molecule has 38 heavy (non-hydrogen) atoms. The van der Waals surface area contributed by atoms with Crippen LogP contribution in [0.25, 0.3) is 0 Å². The van der Waals surface area contributed by atoms with Gasteiger partial charge in [0, 0.05) is 19.5 Å². The van der Waals surface area contributed by atoms with Gasteiger partial charge in [-0.25, -0.2) is 12.7 Å². The smallest absolute Gasteiger partial charge is 0.269 e. The van der Waals surface area contributed by atoms with Crippen molar-refractivity contribution in [1.82, 2.24) is 14.5 Å². The van der Waals surface area contributed by atoms with Gasteiger partial charge in [0.05, 0.1) is 12.7 Å². The molecule has 0 aromatic heterocycles. The van der Waals surface area contributed by atoms with Crippen LogP contribution in [0.3, 0.4) is 0 Å². The number of hydrogen-bond donors (Lipinski definition) is 1. The fourth-order valence-electron chi connectivity index (χ4n) is 4.41. The Morgan fingerprint density at radius 2 is 1.66 bits per heavy atom. The molecule has 3 amide bonds. The highest BCUT2D eigenvalue weighted by atomic mass is 32.2. The molecule has 0 aliphatic carbocycles. The number of sulfonamides is 1. The van der Waals surface area contributed by atoms with Gasteiger partial charge in [-0.3, -0.25) is 14.4 Å². The number of fused-ring (bicyclic) bond motifs is 1. The molecule has 198 valence electrons. The van der Waals surface area contributed by atoms with Gasteiger partial charge in [-0.1, -0.05) is 54.6 Å². The maximum atomic E-state index is 13.8. The molecule has 0 fully saturated rings. The molecule has 1 aliphatic heterocycles. The average Bonchev–Trinajstić information content (AvgIpc) is 3.12. The number of likely N-dealkylation sites (N-methyl/N-ethyl adjacent to an activating group) is 1. The summed E-state index contributed by atoms with van der Waals surface area (Å²) in [7, 11) is -2.68. The lowest BCUT2D eigenvalue weighted by Gasteiger charge is -2.32. The van der Waals surface area contributed by atoms with Crippen LogP contribution in [0.2, 0.25) is 0 Å². The molecule has 0 saturated carbocycles. The normalized spacial score (nSPS) is 14.5. The molecule has 0 radical (unpaired) electrons. The number of nitrogens with zero attached hydrogens (tertiary/aromatic N) is 2. The molecular formula is C28H29N3O6S. The largest absolute Gasteiger partial charge is 0.497 e. The minimum Gasteiger partial charge on any atom is -0.497 e. The third-order valence-electron chi connectivity index (χ3n) is 6.30. The SMILES string of the molecule is CCNC(=O)C(Cc1ccccc1)N(Cc1cccc(OC)c1)C(=O)CN1C(=O)c2ccccc2S1(=O)=O. The van der Waals surface area contributed by atoms with Gasteiger partial charge in [-0.05, 0) is 42.3 Å². The molecule has 1 N–H and O–H groups in total. The highest BCUT2D eigenvalue weighted by Crippen LogP contribution is 2.30. The Kier molecular flexibility index (Phi) is 8.11. The standard InChI is InChI=1S/C28H29N3O6S/c1-3-29-27(33)24(17-20-10-5-4-6-11-20)30(18-21-12-9-13-22(16-21)37-2)26(32)19-31-28(34)23-14-7-8-15-25(23)38(31,35)36/h4-16,24H,3,17-19H2,1-2H3,(H,29,33). The van der Waals surface area contributed by atoms with Crippen LogP contribution in [0.4, 0.5) is 0 Å². The number of ether oxygens (including phenoxy) is 1. The summed E-state index contributed by atoms with van der Waals surface area (Å²) in [4.78, 5) is 41.3. The second-order valence-electron chi connectivity index (χ2n) is 8.79. The summed E-state index contributed by atoms with van der Waals surface area (Å²) in [5.41, 5.74) is 1.52. The van der Waals surface area contributed by atoms with Gasteiger partial charge in [0.1, 0.15) is 23.2 Å². The van der Waals surface area contributed by atoms with Crippen molar-refractivity contribution in [2.45, 2.75) is 30.8 Å². The molecule has 1 aliphatic rings. The summed E-state index contributed by atoms with van der Waals surface area (Å²) in [6, 6.07) is 21.2. The van der Waals surface area contributed by atoms with E-state index in [1.807, 2.05) is 30.3 Å². The van der Waals surface area contributed by atoms with E-state index in [0.717, 1.165) is 5.56 Å². The van der Waals surface area contributed by atoms with Crippen molar-refractivity contribution >= 4 is 27.7 Å². The number of methoxy groups -OCH3 is 1. The monoisotopic (exact) mass is 535 g/mol. The molecule has 0 spiro atoms. The van der Waals surface area contributed by atoms with Crippen molar-refractivity contribution in [1.29, 1.82) is 0 Å². The van der Waals surface area contributed by atoms with Gasteiger partial charge in [0.15, 0.2) is 0 Å². The topological polar surface area (TPSA) is 113 Å². The van der Waals surface area contributed by atoms with Crippen molar-refractivity contribution in [3.8, 4) is 5.75 Å². The van der Waals surface area contributed by atoms with Crippen LogP contribution in [-0.2, 0) is 32.6 Å². The number of nitrogens with one attached hydrogen (secondary N) is 1. The van der Waals surface area contributed by atoms with Crippen LogP contribution in [0, 0.1) is 0 Å². The molecule has 1 unspecified atom stereocenters. The summed E-state index contributed by atoms with van der Waals surface area (Å²) >= 11 is 0. The van der Waals surface area contributed by atoms with Crippen LogP contribution in [0.5, 0.6) is 5.75 Å². The molecule has 0 bridgehead atoms. The first-order chi connectivity index (χ1) is 18.3. The van der Waals surface area contributed by atoms with Gasteiger partial charge in [0.25, 0.3) is 15.9 Å². The Bertz CT molecular complexity index is 1440. The van der Waals surface area contributed by atoms with E-state index in [1.54, 1.807) is 37.3 Å². The zero-order valence-corrected chi connectivity index (χ0v) is 22.0. The van der Waals surface area contributed by atoms with Crippen LogP contribution in [0.15, 0.2) is 83.8 Å². The Hall–Kier alpha value is -4.18. The summed E-state index contributed by atoms with van der Waals surface area (Å²) in [6.45, 7) is 1.39. The maximum absolute atomic E-state index is 13.8. The van der Waals surface area contributed by atoms with Gasteiger partial charge < -0.3 is 15.0 Å². The first-order valence-electron chi connectivity index (χ1n) is 12.2. The van der Waals surface area contributed by atoms with E-state index < -0.39 is 34.4 Å². The number of amides is 3. The second-order valence-corrected chi connectivity index (χ2v) is 10.6. The van der Waals surface area contributed by atoms with Crippen molar-refractivity contribution < 1.29 is 27.5 Å². The molecule has 1 atom stereocenters. The Balaban J connectivity index is 1.71. The third kappa shape index (κ3) is 5.55. The first kappa shape index (κ1) is 26.9. The molecule has 1 heterocycles. The quantitative estimate of drug-likeness (QED) is 0.427. The Labute approximate surface area is 222 Å². The molecule has 9 nitrogen and oxygen atoms in total. The van der Waals surface area contributed by atoms with Gasteiger partial charge >= 0.3 is 0 Å². The summed E-state index contributed by atoms with van der Waals surface area (Å²) in [5.74, 6) is -1.26. The lowest BCUT2D eigenvalue weighted by atomic mass is 10.0. The number of rotatable bonds is 10. The van der Waals surface area contributed by atoms with E-state index in [-0.39, 0.29) is 29.3 Å². The minimum absolute atomic E-state index is 0.000303. The van der Waals surface area contributed by atoms with Crippen LogP contribution in [0.1, 0.15) is 28.4 Å². The summed E-state index contributed by atoms with van der Waals surface area (Å²) < 4.78 is 32.1. The molecule has 0 saturated heterocycles. The second kappa shape index (κ2) is 11.5. The maximum Gasteiger partial charge on any atom is 0.269 e. The van der Waals surface area contributed by atoms with Crippen molar-refractivity contribution in [2.24, 2.45) is 0 Å². The zero-order chi connectivity index (χ0) is 27.3. The van der Waals surface area contributed by atoms with Crippen LogP contribution < -0.4 is 10.1 Å². The fraction of sp³-hybridized carbons (Fsp3) is 0.250. The predicted octanol–water partition coefficient (Wildman–Crippen LogP) is 2.62. The lowest BCUT2D eigenvalue weighted by molar-refractivity contribution is -0.141. The fourth-order valence-corrected chi connectivity index (χ4v) is 5.93. The number of carbonyl (C=O) groups excluding carboxylic acids is 3. The van der Waals surface area contributed by atoms with Crippen LogP contribution >= 0.6 is 0 Å². The zero-order valence-electron chi connectivity index (χ0n) is 21.2. The predicted molar refractivity (Wildman–Crippen MR) is 141 cm³/mol. The lowest BCUT2D eigenvalue weighted by Crippen LogP contribution is -2.53. The Morgan fingerprint density at radius 3 is 2.34 bits per heavy atom. The number of carbonyl (C=O) groups is 3. The van der Waals surface area contributed by atoms with Crippen molar-refractivity contribution in [3.63, 3.8) is 0 Å². The van der Waals surface area contributed by atoms with E-state index in [4.69, 9.17) is 4.74 Å². The van der Waals surface area contributed by atoms with Crippen molar-refractivity contribution in [2.75, 3.05) is 20.2 Å². The molecule has 4 rings (SSSR count). The van der Waals surface area contributed by atoms with Gasteiger partial charge in [-0.2, -0.15) is 0 Å². The van der Waals surface area contributed by atoms with Gasteiger partial charge in [-0.15, -0.1) is 0 Å². The Morgan fingerprint density at radius 1 is 0.974 bits per heavy atom. The van der Waals surface area contributed by atoms with Crippen molar-refractivity contribution in [3.05, 3.63) is 95.6 Å². The number of benzene rings is 3. The van der Waals surface area contributed by atoms with Gasteiger partial charge in [0.2, 0.25) is 11.8 Å². The molecular weight excluding hydrogens is 506 g/mol. The molecule has 3 aromatic carbocycles. The van der Waals surface area contributed by atoms with E-state index >= 15 is 0 Å². The summed E-state index contributed by atoms with van der Waals surface area (Å²) in [5, 5.41) is 2.79. The molecule has 3 aromatic rings. The highest BCUT2D eigenvalue weighted by molar-refractivity contribution is 7.90. The van der Waals surface area contributed by atoms with E-state index in [1.165, 1.54) is 30.2 Å². The number of hydrogen-bond acceptors (Lipinski definition) is 6. The first-order valence-corrected chi connectivity index (χ1v) is 13.6. The van der Waals surface area contributed by atoms with E-state index in [0.29, 0.717) is 22.2 Å². The third-order valence-corrected chi connectivity index (χ3v) is 8.09. The van der Waals surface area contributed by atoms with Crippen LogP contribution in [-0.4, -0.2) is 61.6 Å². The highest BCUT2D eigenvalue weighted by Gasteiger charge is 2.43. The minimum atomic E-state index is -4.21. The van der Waals surface area contributed by atoms with E-state index in [9.17, 15) is 22.8 Å². The average molecular weight is 536 g/mol.